The van der Waals surface area contributed by atoms with Crippen LogP contribution in [-0.2, 0) is 0 Å². The minimum Gasteiger partial charge on any atom is -0.314 e. The lowest BCUT2D eigenvalue weighted by molar-refractivity contribution is 0.446. The van der Waals surface area contributed by atoms with E-state index in [4.69, 9.17) is 0 Å². The van der Waals surface area contributed by atoms with Gasteiger partial charge in [0.25, 0.3) is 0 Å². The average molecular weight is 155 g/mol. The Kier molecular flexibility index (Phi) is 4.43. The summed E-state index contributed by atoms with van der Waals surface area (Å²) in [4.78, 5) is 0. The quantitative estimate of drug-likeness (QED) is 0.615. The average Bonchev–Trinajstić information content (AvgIpc) is 2.00. The Labute approximate surface area is 70.9 Å². The SMILES string of the molecule is C=C(C(C)NC)C(C)C(C)C. The maximum absolute atomic E-state index is 4.08. The number of likely N-dealkylation sites (N-methyl/N-ethyl adjacent to an activating group) is 1. The molecule has 0 spiro atoms. The van der Waals surface area contributed by atoms with E-state index >= 15 is 0 Å². The lowest BCUT2D eigenvalue weighted by Gasteiger charge is -2.23. The summed E-state index contributed by atoms with van der Waals surface area (Å²) in [5.74, 6) is 1.30. The molecule has 0 bridgehead atoms. The molecule has 0 fully saturated rings. The van der Waals surface area contributed by atoms with E-state index in [0.29, 0.717) is 17.9 Å². The van der Waals surface area contributed by atoms with E-state index in [1.807, 2.05) is 7.05 Å². The fourth-order valence-corrected chi connectivity index (χ4v) is 1.01. The van der Waals surface area contributed by atoms with Crippen LogP contribution in [-0.4, -0.2) is 13.1 Å². The molecule has 0 aliphatic rings. The normalized spacial score (nSPS) is 16.5. The first-order valence-electron chi connectivity index (χ1n) is 4.36. The molecule has 0 aromatic heterocycles. The second-order valence-electron chi connectivity index (χ2n) is 3.62. The monoisotopic (exact) mass is 155 g/mol. The molecule has 0 saturated carbocycles. The third-order valence-electron chi connectivity index (χ3n) is 2.57. The first-order chi connectivity index (χ1) is 5.00. The highest BCUT2D eigenvalue weighted by Gasteiger charge is 2.14. The van der Waals surface area contributed by atoms with Crippen molar-refractivity contribution in [1.29, 1.82) is 0 Å². The van der Waals surface area contributed by atoms with E-state index in [1.54, 1.807) is 0 Å². The second kappa shape index (κ2) is 4.55. The minimum absolute atomic E-state index is 0.437. The third-order valence-corrected chi connectivity index (χ3v) is 2.57. The standard InChI is InChI=1S/C10H21N/c1-7(2)8(3)9(4)10(5)11-6/h7-8,10-11H,4H2,1-3,5-6H3. The summed E-state index contributed by atoms with van der Waals surface area (Å²) in [6.45, 7) is 12.9. The summed E-state index contributed by atoms with van der Waals surface area (Å²) >= 11 is 0. The Bertz CT molecular complexity index is 127. The van der Waals surface area contributed by atoms with Crippen LogP contribution in [0.5, 0.6) is 0 Å². The first kappa shape index (κ1) is 10.7. The second-order valence-corrected chi connectivity index (χ2v) is 3.62. The molecule has 11 heavy (non-hydrogen) atoms. The van der Waals surface area contributed by atoms with Crippen LogP contribution in [0.15, 0.2) is 12.2 Å². The van der Waals surface area contributed by atoms with Gasteiger partial charge < -0.3 is 5.32 Å². The van der Waals surface area contributed by atoms with Gasteiger partial charge in [0.15, 0.2) is 0 Å². The molecule has 1 N–H and O–H groups in total. The molecule has 0 saturated heterocycles. The summed E-state index contributed by atoms with van der Waals surface area (Å²) in [6.07, 6.45) is 0. The molecule has 0 radical (unpaired) electrons. The summed E-state index contributed by atoms with van der Waals surface area (Å²) in [5.41, 5.74) is 1.31. The lowest BCUT2D eigenvalue weighted by atomic mass is 9.87. The van der Waals surface area contributed by atoms with Crippen LogP contribution in [0.3, 0.4) is 0 Å². The number of hydrogen-bond donors (Lipinski definition) is 1. The van der Waals surface area contributed by atoms with Gasteiger partial charge in [-0.15, -0.1) is 0 Å². The zero-order valence-electron chi connectivity index (χ0n) is 8.44. The molecule has 66 valence electrons. The van der Waals surface area contributed by atoms with Crippen LogP contribution in [0.2, 0.25) is 0 Å². The summed E-state index contributed by atoms with van der Waals surface area (Å²) in [5, 5.41) is 3.20. The van der Waals surface area contributed by atoms with Gasteiger partial charge in [0.05, 0.1) is 0 Å². The van der Waals surface area contributed by atoms with Crippen LogP contribution < -0.4 is 5.32 Å². The Morgan fingerprint density at radius 3 is 1.91 bits per heavy atom. The van der Waals surface area contributed by atoms with Gasteiger partial charge in [-0.05, 0) is 25.8 Å². The summed E-state index contributed by atoms with van der Waals surface area (Å²) in [6, 6.07) is 0.437. The Morgan fingerprint density at radius 1 is 1.18 bits per heavy atom. The van der Waals surface area contributed by atoms with E-state index in [9.17, 15) is 0 Å². The van der Waals surface area contributed by atoms with E-state index in [-0.39, 0.29) is 0 Å². The van der Waals surface area contributed by atoms with Gasteiger partial charge >= 0.3 is 0 Å². The zero-order valence-corrected chi connectivity index (χ0v) is 8.44. The maximum atomic E-state index is 4.08. The summed E-state index contributed by atoms with van der Waals surface area (Å²) in [7, 11) is 1.98. The molecule has 2 atom stereocenters. The predicted octanol–water partition coefficient (Wildman–Crippen LogP) is 2.44. The number of nitrogens with one attached hydrogen (secondary N) is 1. The van der Waals surface area contributed by atoms with Gasteiger partial charge in [0, 0.05) is 6.04 Å². The van der Waals surface area contributed by atoms with E-state index in [0.717, 1.165) is 0 Å². The molecule has 0 amide bonds. The molecular weight excluding hydrogens is 134 g/mol. The smallest absolute Gasteiger partial charge is 0.0248 e. The fraction of sp³-hybridized carbons (Fsp3) is 0.800. The minimum atomic E-state index is 0.437. The predicted molar refractivity (Wildman–Crippen MR) is 51.7 cm³/mol. The zero-order chi connectivity index (χ0) is 9.02. The van der Waals surface area contributed by atoms with E-state index in [2.05, 4.69) is 39.6 Å². The topological polar surface area (TPSA) is 12.0 Å². The van der Waals surface area contributed by atoms with Gasteiger partial charge in [0.2, 0.25) is 0 Å². The molecule has 0 aliphatic heterocycles. The van der Waals surface area contributed by atoms with Crippen molar-refractivity contribution in [1.82, 2.24) is 5.32 Å². The molecule has 1 nitrogen and oxygen atoms in total. The van der Waals surface area contributed by atoms with Crippen molar-refractivity contribution >= 4 is 0 Å². The number of rotatable bonds is 4. The molecule has 2 unspecified atom stereocenters. The van der Waals surface area contributed by atoms with Gasteiger partial charge in [-0.3, -0.25) is 0 Å². The first-order valence-corrected chi connectivity index (χ1v) is 4.36. The van der Waals surface area contributed by atoms with Gasteiger partial charge in [0.1, 0.15) is 0 Å². The van der Waals surface area contributed by atoms with Crippen LogP contribution in [0.25, 0.3) is 0 Å². The largest absolute Gasteiger partial charge is 0.314 e. The van der Waals surface area contributed by atoms with E-state index in [1.165, 1.54) is 5.57 Å². The molecule has 0 heterocycles. The fourth-order valence-electron chi connectivity index (χ4n) is 1.01. The van der Waals surface area contributed by atoms with Crippen molar-refractivity contribution in [2.24, 2.45) is 11.8 Å². The Balaban J connectivity index is 4.02. The molecule has 1 heteroatoms. The van der Waals surface area contributed by atoms with Crippen molar-refractivity contribution in [2.75, 3.05) is 7.05 Å². The Morgan fingerprint density at radius 2 is 1.64 bits per heavy atom. The van der Waals surface area contributed by atoms with Crippen LogP contribution in [0.1, 0.15) is 27.7 Å². The highest BCUT2D eigenvalue weighted by Crippen LogP contribution is 2.20. The maximum Gasteiger partial charge on any atom is 0.0248 e. The van der Waals surface area contributed by atoms with Crippen LogP contribution in [0.4, 0.5) is 0 Å². The van der Waals surface area contributed by atoms with E-state index < -0.39 is 0 Å². The van der Waals surface area contributed by atoms with Crippen molar-refractivity contribution in [3.63, 3.8) is 0 Å². The van der Waals surface area contributed by atoms with Crippen molar-refractivity contribution < 1.29 is 0 Å². The van der Waals surface area contributed by atoms with Crippen molar-refractivity contribution in [3.8, 4) is 0 Å². The van der Waals surface area contributed by atoms with Crippen LogP contribution >= 0.6 is 0 Å². The third kappa shape index (κ3) is 3.06. The highest BCUT2D eigenvalue weighted by molar-refractivity contribution is 5.07. The molecular formula is C10H21N. The molecule has 0 aliphatic carbocycles. The van der Waals surface area contributed by atoms with Crippen molar-refractivity contribution in [2.45, 2.75) is 33.7 Å². The highest BCUT2D eigenvalue weighted by atomic mass is 14.9. The molecule has 0 aromatic rings. The lowest BCUT2D eigenvalue weighted by Crippen LogP contribution is -2.27. The van der Waals surface area contributed by atoms with Crippen LogP contribution in [0, 0.1) is 11.8 Å². The van der Waals surface area contributed by atoms with Gasteiger partial charge in [-0.1, -0.05) is 32.9 Å². The number of hydrogen-bond acceptors (Lipinski definition) is 1. The van der Waals surface area contributed by atoms with Gasteiger partial charge in [-0.25, -0.2) is 0 Å². The molecule has 0 rings (SSSR count). The summed E-state index contributed by atoms with van der Waals surface area (Å²) < 4.78 is 0. The van der Waals surface area contributed by atoms with Crippen molar-refractivity contribution in [3.05, 3.63) is 12.2 Å². The van der Waals surface area contributed by atoms with Gasteiger partial charge in [-0.2, -0.15) is 0 Å². The Hall–Kier alpha value is -0.300. The molecule has 0 aromatic carbocycles.